The van der Waals surface area contributed by atoms with E-state index in [0.717, 1.165) is 33.0 Å². The molecule has 0 heterocycles. The lowest BCUT2D eigenvalue weighted by atomic mass is 9.85. The molecule has 0 radical (unpaired) electrons. The molecular weight excluding hydrogens is 442 g/mol. The number of hydrogen-bond donors (Lipinski definition) is 2. The zero-order valence-corrected chi connectivity index (χ0v) is 21.6. The van der Waals surface area contributed by atoms with E-state index in [0.29, 0.717) is 5.56 Å². The molecule has 0 fully saturated rings. The van der Waals surface area contributed by atoms with Gasteiger partial charge < -0.3 is 19.9 Å². The summed E-state index contributed by atoms with van der Waals surface area (Å²) in [5, 5.41) is 15.0. The van der Waals surface area contributed by atoms with Crippen LogP contribution in [0.1, 0.15) is 64.3 Å². The largest absolute Gasteiger partial charge is 0.479 e. The molecule has 3 aromatic rings. The van der Waals surface area contributed by atoms with Gasteiger partial charge in [-0.15, -0.1) is 0 Å². The maximum absolute atomic E-state index is 12.5. The molecule has 35 heavy (non-hydrogen) atoms. The average molecular weight is 478 g/mol. The molecule has 3 rings (SSSR count). The lowest BCUT2D eigenvalue weighted by Crippen LogP contribution is -2.32. The first-order chi connectivity index (χ1) is 16.3. The van der Waals surface area contributed by atoms with Crippen LogP contribution < -0.4 is 5.32 Å². The number of aliphatic carboxylic acids is 1. The SMILES string of the molecule is Cc1cc2ccccc2c(-c2ccccc2CNC(=O)OC(C)(C)C)c1C(OC(C)(C)C)C(=O)O. The van der Waals surface area contributed by atoms with Crippen molar-refractivity contribution < 1.29 is 24.2 Å². The first-order valence-electron chi connectivity index (χ1n) is 11.7. The van der Waals surface area contributed by atoms with Crippen molar-refractivity contribution >= 4 is 22.8 Å². The summed E-state index contributed by atoms with van der Waals surface area (Å²) in [4.78, 5) is 24.8. The number of alkyl carbamates (subject to hydrolysis) is 1. The Kier molecular flexibility index (Phi) is 7.56. The average Bonchev–Trinajstić information content (AvgIpc) is 2.73. The second-order valence-electron chi connectivity index (χ2n) is 10.7. The molecule has 0 aliphatic heterocycles. The molecule has 0 bridgehead atoms. The highest BCUT2D eigenvalue weighted by Crippen LogP contribution is 2.41. The lowest BCUT2D eigenvalue weighted by molar-refractivity contribution is -0.160. The number of aryl methyl sites for hydroxylation is 1. The van der Waals surface area contributed by atoms with Gasteiger partial charge in [-0.3, -0.25) is 0 Å². The summed E-state index contributed by atoms with van der Waals surface area (Å²) in [6.07, 6.45) is -1.68. The van der Waals surface area contributed by atoms with Gasteiger partial charge in [-0.05, 0) is 81.5 Å². The zero-order chi connectivity index (χ0) is 26.0. The summed E-state index contributed by atoms with van der Waals surface area (Å²) < 4.78 is 11.5. The van der Waals surface area contributed by atoms with E-state index in [4.69, 9.17) is 9.47 Å². The van der Waals surface area contributed by atoms with Gasteiger partial charge in [0.2, 0.25) is 0 Å². The fourth-order valence-electron chi connectivity index (χ4n) is 4.12. The summed E-state index contributed by atoms with van der Waals surface area (Å²) in [7, 11) is 0. The van der Waals surface area contributed by atoms with Crippen LogP contribution in [0, 0.1) is 6.92 Å². The van der Waals surface area contributed by atoms with Crippen molar-refractivity contribution in [1.82, 2.24) is 5.32 Å². The lowest BCUT2D eigenvalue weighted by Gasteiger charge is -2.29. The van der Waals surface area contributed by atoms with Crippen molar-refractivity contribution in [2.45, 2.75) is 72.3 Å². The number of hydrogen-bond acceptors (Lipinski definition) is 4. The number of ether oxygens (including phenoxy) is 2. The van der Waals surface area contributed by atoms with Gasteiger partial charge in [0.25, 0.3) is 0 Å². The van der Waals surface area contributed by atoms with E-state index >= 15 is 0 Å². The smallest absolute Gasteiger partial charge is 0.407 e. The van der Waals surface area contributed by atoms with Gasteiger partial charge in [0.05, 0.1) is 5.60 Å². The summed E-state index contributed by atoms with van der Waals surface area (Å²) >= 11 is 0. The molecule has 6 nitrogen and oxygen atoms in total. The molecule has 0 saturated heterocycles. The van der Waals surface area contributed by atoms with E-state index in [2.05, 4.69) is 5.32 Å². The maximum atomic E-state index is 12.5. The first-order valence-corrected chi connectivity index (χ1v) is 11.7. The van der Waals surface area contributed by atoms with E-state index in [-0.39, 0.29) is 6.54 Å². The molecule has 0 aromatic heterocycles. The molecule has 0 saturated carbocycles. The van der Waals surface area contributed by atoms with Crippen molar-refractivity contribution in [3.63, 3.8) is 0 Å². The van der Waals surface area contributed by atoms with E-state index in [1.165, 1.54) is 0 Å². The molecule has 2 N–H and O–H groups in total. The van der Waals surface area contributed by atoms with Crippen LogP contribution in [0.3, 0.4) is 0 Å². The minimum atomic E-state index is -1.17. The number of amides is 1. The molecule has 186 valence electrons. The van der Waals surface area contributed by atoms with Crippen LogP contribution in [0.4, 0.5) is 4.79 Å². The van der Waals surface area contributed by atoms with Gasteiger partial charge in [0.1, 0.15) is 5.60 Å². The molecule has 6 heteroatoms. The Bertz CT molecular complexity index is 1230. The number of carbonyl (C=O) groups is 2. The predicted octanol–water partition coefficient (Wildman–Crippen LogP) is 6.78. The Balaban J connectivity index is 2.21. The molecule has 0 aliphatic rings. The van der Waals surface area contributed by atoms with Crippen molar-refractivity contribution in [1.29, 1.82) is 0 Å². The van der Waals surface area contributed by atoms with Crippen LogP contribution >= 0.6 is 0 Å². The highest BCUT2D eigenvalue weighted by molar-refractivity contribution is 6.01. The summed E-state index contributed by atoms with van der Waals surface area (Å²) in [6, 6.07) is 17.6. The second kappa shape index (κ2) is 10.1. The number of carboxylic acid groups (broad SMARTS) is 1. The van der Waals surface area contributed by atoms with Crippen LogP contribution in [0.25, 0.3) is 21.9 Å². The Morgan fingerprint density at radius 2 is 1.57 bits per heavy atom. The third-order valence-corrected chi connectivity index (χ3v) is 5.36. The Morgan fingerprint density at radius 1 is 0.943 bits per heavy atom. The number of fused-ring (bicyclic) bond motifs is 1. The second-order valence-corrected chi connectivity index (χ2v) is 10.7. The van der Waals surface area contributed by atoms with E-state index in [1.54, 1.807) is 0 Å². The van der Waals surface area contributed by atoms with E-state index < -0.39 is 29.4 Å². The highest BCUT2D eigenvalue weighted by atomic mass is 16.6. The molecular formula is C29H35NO5. The summed E-state index contributed by atoms with van der Waals surface area (Å²) in [5.41, 5.74) is 2.62. The third kappa shape index (κ3) is 6.61. The number of rotatable bonds is 6. The predicted molar refractivity (Wildman–Crippen MR) is 138 cm³/mol. The standard InChI is InChI=1S/C29H35NO5/c1-18-16-19-12-8-10-14-21(19)24(23(18)25(26(31)32)34-28(2,3)4)22-15-11-9-13-20(22)17-30-27(33)35-29(5,6)7/h8-16,25H,17H2,1-7H3,(H,30,33)(H,31,32). The fraction of sp³-hybridized carbons (Fsp3) is 0.379. The van der Waals surface area contributed by atoms with Crippen LogP contribution in [0.5, 0.6) is 0 Å². The Labute approximate surface area is 207 Å². The number of nitrogens with one attached hydrogen (secondary N) is 1. The van der Waals surface area contributed by atoms with Gasteiger partial charge in [0, 0.05) is 12.1 Å². The van der Waals surface area contributed by atoms with Crippen LogP contribution in [0.15, 0.2) is 54.6 Å². The minimum Gasteiger partial charge on any atom is -0.479 e. The quantitative estimate of drug-likeness (QED) is 0.409. The van der Waals surface area contributed by atoms with Gasteiger partial charge in [0.15, 0.2) is 6.10 Å². The minimum absolute atomic E-state index is 0.227. The molecule has 0 aliphatic carbocycles. The Morgan fingerprint density at radius 3 is 2.20 bits per heavy atom. The molecule has 1 amide bonds. The van der Waals surface area contributed by atoms with Crippen molar-refractivity contribution in [2.24, 2.45) is 0 Å². The highest BCUT2D eigenvalue weighted by Gasteiger charge is 2.32. The van der Waals surface area contributed by atoms with Crippen molar-refractivity contribution in [2.75, 3.05) is 0 Å². The van der Waals surface area contributed by atoms with Gasteiger partial charge in [-0.25, -0.2) is 9.59 Å². The van der Waals surface area contributed by atoms with Crippen molar-refractivity contribution in [3.8, 4) is 11.1 Å². The molecule has 1 unspecified atom stereocenters. The first kappa shape index (κ1) is 26.2. The number of carboxylic acids is 1. The summed E-state index contributed by atoms with van der Waals surface area (Å²) in [5.74, 6) is -1.05. The maximum Gasteiger partial charge on any atom is 0.407 e. The fourth-order valence-corrected chi connectivity index (χ4v) is 4.12. The normalized spacial score (nSPS) is 12.9. The van der Waals surface area contributed by atoms with Crippen LogP contribution in [0.2, 0.25) is 0 Å². The monoisotopic (exact) mass is 477 g/mol. The topological polar surface area (TPSA) is 84.9 Å². The third-order valence-electron chi connectivity index (χ3n) is 5.36. The number of benzene rings is 3. The van der Waals surface area contributed by atoms with Gasteiger partial charge in [-0.2, -0.15) is 0 Å². The van der Waals surface area contributed by atoms with E-state index in [1.807, 2.05) is 103 Å². The zero-order valence-electron chi connectivity index (χ0n) is 21.6. The molecule has 1 atom stereocenters. The Hall–Kier alpha value is -3.38. The summed E-state index contributed by atoms with van der Waals surface area (Å²) in [6.45, 7) is 13.1. The van der Waals surface area contributed by atoms with E-state index in [9.17, 15) is 14.7 Å². The van der Waals surface area contributed by atoms with Crippen LogP contribution in [-0.2, 0) is 20.8 Å². The molecule has 3 aromatic carbocycles. The van der Waals surface area contributed by atoms with Gasteiger partial charge in [-0.1, -0.05) is 54.6 Å². The van der Waals surface area contributed by atoms with Crippen molar-refractivity contribution in [3.05, 3.63) is 71.3 Å². The van der Waals surface area contributed by atoms with Crippen LogP contribution in [-0.4, -0.2) is 28.4 Å². The number of carbonyl (C=O) groups excluding carboxylic acids is 1. The molecule has 0 spiro atoms. The van der Waals surface area contributed by atoms with Gasteiger partial charge >= 0.3 is 12.1 Å².